The van der Waals surface area contributed by atoms with Crippen molar-refractivity contribution in [2.45, 2.75) is 45.4 Å². The topological polar surface area (TPSA) is 38.8 Å². The molecular weight excluding hydrogens is 434 g/mol. The smallest absolute Gasteiger partial charge is 0.255 e. The van der Waals surface area contributed by atoms with Crippen LogP contribution in [0.1, 0.15) is 42.3 Å². The van der Waals surface area contributed by atoms with Crippen molar-refractivity contribution in [2.75, 3.05) is 6.61 Å². The Morgan fingerprint density at radius 2 is 1.49 bits per heavy atom. The van der Waals surface area contributed by atoms with Crippen LogP contribution < -0.4 is 9.47 Å². The van der Waals surface area contributed by atoms with Crippen LogP contribution in [0.25, 0.3) is 10.8 Å². The molecule has 1 heterocycles. The van der Waals surface area contributed by atoms with Crippen LogP contribution in [0.3, 0.4) is 0 Å². The van der Waals surface area contributed by atoms with E-state index in [2.05, 4.69) is 18.2 Å². The second-order valence-electron chi connectivity index (χ2n) is 10.1. The van der Waals surface area contributed by atoms with Gasteiger partial charge in [-0.2, -0.15) is 0 Å². The number of amides is 1. The molecule has 35 heavy (non-hydrogen) atoms. The van der Waals surface area contributed by atoms with Crippen LogP contribution in [0.15, 0.2) is 91.0 Å². The molecule has 0 unspecified atom stereocenters. The van der Waals surface area contributed by atoms with Crippen LogP contribution in [0.2, 0.25) is 0 Å². The first-order valence-corrected chi connectivity index (χ1v) is 12.1. The van der Waals surface area contributed by atoms with Gasteiger partial charge >= 0.3 is 0 Å². The van der Waals surface area contributed by atoms with Gasteiger partial charge in [-0.3, -0.25) is 4.79 Å². The molecule has 0 spiro atoms. The van der Waals surface area contributed by atoms with Crippen LogP contribution in [0.5, 0.6) is 11.5 Å². The van der Waals surface area contributed by atoms with Crippen LogP contribution in [-0.2, 0) is 13.0 Å². The molecule has 5 rings (SSSR count). The van der Waals surface area contributed by atoms with E-state index in [9.17, 15) is 4.79 Å². The van der Waals surface area contributed by atoms with E-state index in [1.807, 2.05) is 98.5 Å². The maximum atomic E-state index is 13.9. The van der Waals surface area contributed by atoms with Gasteiger partial charge in [0.15, 0.2) is 0 Å². The van der Waals surface area contributed by atoms with Crippen molar-refractivity contribution in [1.29, 1.82) is 0 Å². The summed E-state index contributed by atoms with van der Waals surface area (Å²) in [6.07, 6.45) is 0.762. The van der Waals surface area contributed by atoms with Crippen LogP contribution in [0, 0.1) is 0 Å². The maximum absolute atomic E-state index is 13.9. The van der Waals surface area contributed by atoms with Gasteiger partial charge in [0.05, 0.1) is 6.04 Å². The van der Waals surface area contributed by atoms with Crippen molar-refractivity contribution >= 4 is 16.7 Å². The molecule has 0 saturated carbocycles. The van der Waals surface area contributed by atoms with E-state index in [4.69, 9.17) is 9.47 Å². The van der Waals surface area contributed by atoms with Gasteiger partial charge in [-0.05, 0) is 79.4 Å². The summed E-state index contributed by atoms with van der Waals surface area (Å²) in [6.45, 7) is 7.08. The van der Waals surface area contributed by atoms with E-state index in [0.29, 0.717) is 13.2 Å². The molecule has 0 aliphatic carbocycles. The van der Waals surface area contributed by atoms with Gasteiger partial charge in [0.25, 0.3) is 5.91 Å². The molecule has 1 aliphatic heterocycles. The number of benzene rings is 4. The molecule has 1 aliphatic rings. The van der Waals surface area contributed by atoms with Gasteiger partial charge < -0.3 is 14.4 Å². The molecule has 4 nitrogen and oxygen atoms in total. The van der Waals surface area contributed by atoms with Gasteiger partial charge in [0, 0.05) is 12.1 Å². The SMILES string of the molecule is CC(C)(C)Oc1ccc(OC[C@@H]2Cc3ccccc3CN2C(=O)c2cccc3ccccc23)cc1. The van der Waals surface area contributed by atoms with E-state index in [1.165, 1.54) is 11.1 Å². The molecule has 4 heteroatoms. The fourth-order valence-corrected chi connectivity index (χ4v) is 4.69. The van der Waals surface area contributed by atoms with Gasteiger partial charge in [-0.25, -0.2) is 0 Å². The summed E-state index contributed by atoms with van der Waals surface area (Å²) in [7, 11) is 0. The lowest BCUT2D eigenvalue weighted by Gasteiger charge is -2.37. The van der Waals surface area contributed by atoms with Gasteiger partial charge in [0.1, 0.15) is 23.7 Å². The van der Waals surface area contributed by atoms with E-state index in [1.54, 1.807) is 0 Å². The van der Waals surface area contributed by atoms with Gasteiger partial charge in [-0.15, -0.1) is 0 Å². The minimum absolute atomic E-state index is 0.0406. The largest absolute Gasteiger partial charge is 0.491 e. The first-order chi connectivity index (χ1) is 16.9. The number of carbonyl (C=O) groups is 1. The fourth-order valence-electron chi connectivity index (χ4n) is 4.69. The monoisotopic (exact) mass is 465 g/mol. The number of ether oxygens (including phenoxy) is 2. The summed E-state index contributed by atoms with van der Waals surface area (Å²) in [6, 6.07) is 30.0. The summed E-state index contributed by atoms with van der Waals surface area (Å²) in [5, 5.41) is 2.05. The summed E-state index contributed by atoms with van der Waals surface area (Å²) >= 11 is 0. The van der Waals surface area contributed by atoms with Crippen molar-refractivity contribution in [3.8, 4) is 11.5 Å². The molecular formula is C31H31NO3. The zero-order valence-corrected chi connectivity index (χ0v) is 20.5. The highest BCUT2D eigenvalue weighted by Gasteiger charge is 2.31. The van der Waals surface area contributed by atoms with Crippen molar-refractivity contribution < 1.29 is 14.3 Å². The molecule has 1 atom stereocenters. The van der Waals surface area contributed by atoms with E-state index >= 15 is 0 Å². The average Bonchev–Trinajstić information content (AvgIpc) is 2.86. The molecule has 4 aromatic rings. The predicted octanol–water partition coefficient (Wildman–Crippen LogP) is 6.66. The summed E-state index contributed by atoms with van der Waals surface area (Å²) < 4.78 is 12.1. The van der Waals surface area contributed by atoms with Crippen molar-refractivity contribution in [3.63, 3.8) is 0 Å². The van der Waals surface area contributed by atoms with E-state index in [-0.39, 0.29) is 17.6 Å². The fraction of sp³-hybridized carbons (Fsp3) is 0.258. The Morgan fingerprint density at radius 3 is 2.26 bits per heavy atom. The minimum Gasteiger partial charge on any atom is -0.491 e. The van der Waals surface area contributed by atoms with Crippen molar-refractivity contribution in [3.05, 3.63) is 108 Å². The van der Waals surface area contributed by atoms with E-state index < -0.39 is 0 Å². The summed E-state index contributed by atoms with van der Waals surface area (Å²) in [4.78, 5) is 15.8. The Kier molecular flexibility index (Phi) is 6.21. The lowest BCUT2D eigenvalue weighted by atomic mass is 9.93. The Morgan fingerprint density at radius 1 is 0.829 bits per heavy atom. The zero-order chi connectivity index (χ0) is 24.4. The second-order valence-corrected chi connectivity index (χ2v) is 10.1. The number of hydrogen-bond acceptors (Lipinski definition) is 3. The highest BCUT2D eigenvalue weighted by Crippen LogP contribution is 2.29. The lowest BCUT2D eigenvalue weighted by molar-refractivity contribution is 0.0568. The molecule has 0 aromatic heterocycles. The third kappa shape index (κ3) is 5.17. The number of rotatable bonds is 5. The summed E-state index contributed by atoms with van der Waals surface area (Å²) in [5.74, 6) is 1.62. The molecule has 0 saturated heterocycles. The highest BCUT2D eigenvalue weighted by molar-refractivity contribution is 6.07. The predicted molar refractivity (Wildman–Crippen MR) is 140 cm³/mol. The van der Waals surface area contributed by atoms with Crippen LogP contribution >= 0.6 is 0 Å². The highest BCUT2D eigenvalue weighted by atomic mass is 16.5. The van der Waals surface area contributed by atoms with Crippen molar-refractivity contribution in [1.82, 2.24) is 4.90 Å². The molecule has 0 fully saturated rings. The normalized spacial score (nSPS) is 15.5. The Balaban J connectivity index is 1.39. The van der Waals surface area contributed by atoms with Crippen LogP contribution in [0.4, 0.5) is 0 Å². The maximum Gasteiger partial charge on any atom is 0.255 e. The van der Waals surface area contributed by atoms with Crippen molar-refractivity contribution in [2.24, 2.45) is 0 Å². The zero-order valence-electron chi connectivity index (χ0n) is 20.5. The Bertz CT molecular complexity index is 1330. The third-order valence-corrected chi connectivity index (χ3v) is 6.33. The van der Waals surface area contributed by atoms with Crippen LogP contribution in [-0.4, -0.2) is 29.1 Å². The second kappa shape index (κ2) is 9.46. The molecule has 4 aromatic carbocycles. The molecule has 178 valence electrons. The number of hydrogen-bond donors (Lipinski definition) is 0. The first kappa shape index (κ1) is 23.0. The molecule has 0 N–H and O–H groups in total. The molecule has 0 radical (unpaired) electrons. The molecule has 0 bridgehead atoms. The Labute approximate surface area is 207 Å². The number of nitrogens with zero attached hydrogens (tertiary/aromatic N) is 1. The first-order valence-electron chi connectivity index (χ1n) is 12.1. The quantitative estimate of drug-likeness (QED) is 0.331. The van der Waals surface area contributed by atoms with Gasteiger partial charge in [-0.1, -0.05) is 60.7 Å². The lowest BCUT2D eigenvalue weighted by Crippen LogP contribution is -2.47. The van der Waals surface area contributed by atoms with E-state index in [0.717, 1.165) is 34.3 Å². The summed E-state index contributed by atoms with van der Waals surface area (Å²) in [5.41, 5.74) is 2.95. The third-order valence-electron chi connectivity index (χ3n) is 6.33. The number of fused-ring (bicyclic) bond motifs is 2. The standard InChI is InChI=1S/C31H31NO3/c1-31(2,3)35-27-17-15-26(16-18-27)34-21-25-19-23-10-4-5-11-24(23)20-32(25)30(33)29-14-8-12-22-9-6-7-13-28(22)29/h4-18,25H,19-21H2,1-3H3/t25-/m0/s1. The molecule has 1 amide bonds. The Hall–Kier alpha value is -3.79. The average molecular weight is 466 g/mol. The van der Waals surface area contributed by atoms with Gasteiger partial charge in [0.2, 0.25) is 0 Å². The number of carbonyl (C=O) groups excluding carboxylic acids is 1. The minimum atomic E-state index is -0.250.